The van der Waals surface area contributed by atoms with Gasteiger partial charge >= 0.3 is 6.09 Å². The molecule has 0 radical (unpaired) electrons. The van der Waals surface area contributed by atoms with E-state index >= 15 is 0 Å². The number of benzene rings is 1. The molecule has 0 bridgehead atoms. The topological polar surface area (TPSA) is 67.9 Å². The average molecular weight is 395 g/mol. The lowest BCUT2D eigenvalue weighted by Gasteiger charge is -2.12. The Balaban J connectivity index is 1.45. The van der Waals surface area contributed by atoms with Crippen LogP contribution in [0.25, 0.3) is 0 Å². The molecule has 1 unspecified atom stereocenters. The summed E-state index contributed by atoms with van der Waals surface area (Å²) < 4.78 is 10.8. The number of rotatable bonds is 6. The maximum atomic E-state index is 12.0. The van der Waals surface area contributed by atoms with E-state index < -0.39 is 6.09 Å². The molecular weight excluding hydrogens is 376 g/mol. The Kier molecular flexibility index (Phi) is 5.68. The van der Waals surface area contributed by atoms with Gasteiger partial charge < -0.3 is 14.8 Å². The fourth-order valence-electron chi connectivity index (χ4n) is 2.65. The number of ether oxygens (including phenoxy) is 2. The van der Waals surface area contributed by atoms with Crippen LogP contribution in [0.4, 0.5) is 9.80 Å². The summed E-state index contributed by atoms with van der Waals surface area (Å²) >= 11 is 7.58. The Labute approximate surface area is 160 Å². The minimum absolute atomic E-state index is 0.115. The highest BCUT2D eigenvalue weighted by Crippen LogP contribution is 2.27. The van der Waals surface area contributed by atoms with Crippen molar-refractivity contribution < 1.29 is 19.1 Å². The fourth-order valence-corrected chi connectivity index (χ4v) is 3.49. The number of thiophene rings is 1. The molecule has 1 atom stereocenters. The summed E-state index contributed by atoms with van der Waals surface area (Å²) in [5.41, 5.74) is 1.79. The zero-order valence-corrected chi connectivity index (χ0v) is 16.0. The molecule has 1 aliphatic heterocycles. The lowest BCUT2D eigenvalue weighted by molar-refractivity contribution is -0.123. The molecule has 1 aliphatic rings. The first kappa shape index (κ1) is 18.5. The number of aryl methyl sites for hydroxylation is 2. The number of nitrogens with zero attached hydrogens (tertiary/aromatic N) is 1. The van der Waals surface area contributed by atoms with Crippen molar-refractivity contribution in [2.75, 3.05) is 24.6 Å². The number of hydrogen-bond donors (Lipinski definition) is 1. The molecule has 26 heavy (non-hydrogen) atoms. The number of carbonyl (C=O) groups is 2. The number of amides is 2. The molecule has 8 heteroatoms. The molecule has 0 saturated carbocycles. The third-order valence-corrected chi connectivity index (χ3v) is 5.44. The lowest BCUT2D eigenvalue weighted by Crippen LogP contribution is -2.37. The number of hydrogen-bond acceptors (Lipinski definition) is 5. The molecule has 1 aromatic heterocycles. The van der Waals surface area contributed by atoms with Crippen LogP contribution in [0.2, 0.25) is 5.02 Å². The number of cyclic esters (lactones) is 1. The summed E-state index contributed by atoms with van der Waals surface area (Å²) in [6.45, 7) is 4.31. The highest BCUT2D eigenvalue weighted by Gasteiger charge is 2.32. The summed E-state index contributed by atoms with van der Waals surface area (Å²) in [6.07, 6.45) is -0.774. The van der Waals surface area contributed by atoms with Crippen LogP contribution in [0.15, 0.2) is 29.6 Å². The molecule has 1 fully saturated rings. The van der Waals surface area contributed by atoms with Crippen LogP contribution >= 0.6 is 22.9 Å². The zero-order chi connectivity index (χ0) is 18.7. The zero-order valence-electron chi connectivity index (χ0n) is 14.5. The van der Waals surface area contributed by atoms with Gasteiger partial charge in [-0.1, -0.05) is 11.6 Å². The third kappa shape index (κ3) is 4.28. The van der Waals surface area contributed by atoms with Crippen LogP contribution in [0.3, 0.4) is 0 Å². The molecule has 1 N–H and O–H groups in total. The van der Waals surface area contributed by atoms with Crippen LogP contribution in [0.1, 0.15) is 11.1 Å². The number of halogens is 1. The van der Waals surface area contributed by atoms with E-state index in [1.807, 2.05) is 31.4 Å². The minimum Gasteiger partial charge on any atom is -0.484 e. The molecule has 3 rings (SSSR count). The molecular formula is C18H19ClN2O4S. The third-order valence-electron chi connectivity index (χ3n) is 3.95. The second-order valence-electron chi connectivity index (χ2n) is 6.03. The van der Waals surface area contributed by atoms with E-state index in [0.29, 0.717) is 17.3 Å². The van der Waals surface area contributed by atoms with Gasteiger partial charge in [0.15, 0.2) is 6.61 Å². The van der Waals surface area contributed by atoms with Crippen LogP contribution < -0.4 is 15.0 Å². The lowest BCUT2D eigenvalue weighted by atomic mass is 10.1. The van der Waals surface area contributed by atoms with Gasteiger partial charge in [-0.3, -0.25) is 9.69 Å². The first-order chi connectivity index (χ1) is 12.4. The average Bonchev–Trinajstić information content (AvgIpc) is 3.25. The van der Waals surface area contributed by atoms with Crippen molar-refractivity contribution in [2.45, 2.75) is 20.0 Å². The maximum Gasteiger partial charge on any atom is 0.415 e. The highest BCUT2D eigenvalue weighted by atomic mass is 35.5. The van der Waals surface area contributed by atoms with Crippen LogP contribution in [-0.4, -0.2) is 37.8 Å². The summed E-state index contributed by atoms with van der Waals surface area (Å²) in [4.78, 5) is 25.4. The van der Waals surface area contributed by atoms with Crippen molar-refractivity contribution in [3.8, 4) is 5.75 Å². The van der Waals surface area contributed by atoms with E-state index in [0.717, 1.165) is 16.1 Å². The van der Waals surface area contributed by atoms with Crippen molar-refractivity contribution in [3.63, 3.8) is 0 Å². The van der Waals surface area contributed by atoms with Gasteiger partial charge in [-0.25, -0.2) is 4.79 Å². The molecule has 6 nitrogen and oxygen atoms in total. The van der Waals surface area contributed by atoms with Gasteiger partial charge in [0.05, 0.1) is 13.1 Å². The van der Waals surface area contributed by atoms with Crippen LogP contribution in [-0.2, 0) is 9.53 Å². The first-order valence-electron chi connectivity index (χ1n) is 8.12. The van der Waals surface area contributed by atoms with E-state index in [4.69, 9.17) is 21.1 Å². The molecule has 2 heterocycles. The Bertz CT molecular complexity index is 787. The molecule has 138 valence electrons. The predicted octanol–water partition coefficient (Wildman–Crippen LogP) is 3.54. The number of anilines is 1. The van der Waals surface area contributed by atoms with Gasteiger partial charge in [-0.15, -0.1) is 11.3 Å². The van der Waals surface area contributed by atoms with Crippen LogP contribution in [0, 0.1) is 13.8 Å². The quantitative estimate of drug-likeness (QED) is 0.813. The Hall–Kier alpha value is -2.25. The van der Waals surface area contributed by atoms with E-state index in [9.17, 15) is 9.59 Å². The summed E-state index contributed by atoms with van der Waals surface area (Å²) in [5, 5.41) is 6.16. The molecule has 1 aromatic carbocycles. The monoisotopic (exact) mass is 394 g/mol. The van der Waals surface area contributed by atoms with Crippen molar-refractivity contribution in [1.29, 1.82) is 0 Å². The van der Waals surface area contributed by atoms with E-state index in [2.05, 4.69) is 5.32 Å². The normalized spacial score (nSPS) is 16.5. The van der Waals surface area contributed by atoms with E-state index in [1.165, 1.54) is 11.3 Å². The largest absolute Gasteiger partial charge is 0.484 e. The maximum absolute atomic E-state index is 12.0. The first-order valence-corrected chi connectivity index (χ1v) is 9.37. The molecule has 0 spiro atoms. The number of nitrogens with one attached hydrogen (secondary N) is 1. The van der Waals surface area contributed by atoms with Crippen molar-refractivity contribution >= 4 is 39.9 Å². The van der Waals surface area contributed by atoms with Gasteiger partial charge in [0.1, 0.15) is 16.9 Å². The minimum atomic E-state index is -0.393. The second-order valence-corrected chi connectivity index (χ2v) is 7.34. The van der Waals surface area contributed by atoms with Crippen LogP contribution in [0.5, 0.6) is 5.75 Å². The Morgan fingerprint density at radius 1 is 1.42 bits per heavy atom. The van der Waals surface area contributed by atoms with Crippen molar-refractivity contribution in [3.05, 3.63) is 45.8 Å². The van der Waals surface area contributed by atoms with Gasteiger partial charge in [-0.05, 0) is 54.6 Å². The van der Waals surface area contributed by atoms with E-state index in [1.54, 1.807) is 17.0 Å². The van der Waals surface area contributed by atoms with Gasteiger partial charge in [0.25, 0.3) is 5.91 Å². The SMILES string of the molecule is Cc1cc(OCC(=O)NCC2CN(c3cccs3)C(=O)O2)cc(C)c1Cl. The standard InChI is InChI=1S/C18H19ClN2O4S/c1-11-6-13(7-12(2)17(11)19)24-10-15(22)20-8-14-9-21(18(23)25-14)16-4-3-5-26-16/h3-7,14H,8-10H2,1-2H3,(H,20,22). The van der Waals surface area contributed by atoms with Gasteiger partial charge in [0.2, 0.25) is 0 Å². The predicted molar refractivity (Wildman–Crippen MR) is 101 cm³/mol. The molecule has 0 aliphatic carbocycles. The fraction of sp³-hybridized carbons (Fsp3) is 0.333. The Morgan fingerprint density at radius 2 is 2.15 bits per heavy atom. The Morgan fingerprint density at radius 3 is 2.81 bits per heavy atom. The summed E-state index contributed by atoms with van der Waals surface area (Å²) in [5.74, 6) is 0.316. The van der Waals surface area contributed by atoms with Gasteiger partial charge in [0, 0.05) is 5.02 Å². The van der Waals surface area contributed by atoms with Gasteiger partial charge in [-0.2, -0.15) is 0 Å². The molecule has 1 saturated heterocycles. The number of carbonyl (C=O) groups excluding carboxylic acids is 2. The second kappa shape index (κ2) is 7.97. The highest BCUT2D eigenvalue weighted by molar-refractivity contribution is 7.14. The summed E-state index contributed by atoms with van der Waals surface area (Å²) in [6, 6.07) is 7.32. The summed E-state index contributed by atoms with van der Waals surface area (Å²) in [7, 11) is 0. The van der Waals surface area contributed by atoms with Crippen molar-refractivity contribution in [2.24, 2.45) is 0 Å². The van der Waals surface area contributed by atoms with Crippen molar-refractivity contribution in [1.82, 2.24) is 5.32 Å². The smallest absolute Gasteiger partial charge is 0.415 e. The van der Waals surface area contributed by atoms with E-state index in [-0.39, 0.29) is 25.2 Å². The molecule has 2 amide bonds. The molecule has 2 aromatic rings.